The minimum Gasteiger partial charge on any atom is -0.198 e. The molecule has 1 saturated carbocycles. The molecule has 0 heterocycles. The molecule has 0 spiro atoms. The fraction of sp³-hybridized carbons (Fsp3) is 0.353. The van der Waals surface area contributed by atoms with Crippen molar-refractivity contribution in [2.75, 3.05) is 0 Å². The summed E-state index contributed by atoms with van der Waals surface area (Å²) in [5.74, 6) is 0. The van der Waals surface area contributed by atoms with Gasteiger partial charge in [-0.15, -0.1) is 0 Å². The zero-order valence-corrected chi connectivity index (χ0v) is 10.5. The van der Waals surface area contributed by atoms with Crippen LogP contribution in [0.25, 0.3) is 10.8 Å². The van der Waals surface area contributed by atoms with E-state index in [4.69, 9.17) is 5.26 Å². The molecular formula is C17H17N. The van der Waals surface area contributed by atoms with Crippen molar-refractivity contribution in [2.45, 2.75) is 37.5 Å². The highest BCUT2D eigenvalue weighted by atomic mass is 14.4. The Labute approximate surface area is 108 Å². The third-order valence-corrected chi connectivity index (χ3v) is 4.34. The summed E-state index contributed by atoms with van der Waals surface area (Å²) in [7, 11) is 0. The second kappa shape index (κ2) is 4.46. The number of nitrogens with zero attached hydrogens (tertiary/aromatic N) is 1. The Hall–Kier alpha value is -1.81. The van der Waals surface area contributed by atoms with Gasteiger partial charge >= 0.3 is 0 Å². The first-order valence-electron chi connectivity index (χ1n) is 6.70. The Morgan fingerprint density at radius 1 is 1.00 bits per heavy atom. The Bertz CT molecular complexity index is 600. The topological polar surface area (TPSA) is 23.8 Å². The maximum atomic E-state index is 9.12. The number of benzene rings is 2. The average molecular weight is 235 g/mol. The number of hydrogen-bond donors (Lipinski definition) is 0. The van der Waals surface area contributed by atoms with Crippen LogP contribution in [-0.2, 0) is 5.41 Å². The van der Waals surface area contributed by atoms with Gasteiger partial charge in [0.25, 0.3) is 0 Å². The number of fused-ring (bicyclic) bond motifs is 1. The standard InChI is InChI=1S/C17H17N/c18-12-11-17(9-3-4-10-17)16-8-7-14-5-1-2-6-15(14)13-16/h1-2,5-8,13H,3-4,9-11H2. The summed E-state index contributed by atoms with van der Waals surface area (Å²) in [6.07, 6.45) is 5.51. The number of nitriles is 1. The summed E-state index contributed by atoms with van der Waals surface area (Å²) in [4.78, 5) is 0. The van der Waals surface area contributed by atoms with E-state index in [0.717, 1.165) is 0 Å². The first kappa shape index (κ1) is 11.3. The van der Waals surface area contributed by atoms with E-state index in [1.54, 1.807) is 0 Å². The summed E-state index contributed by atoms with van der Waals surface area (Å²) >= 11 is 0. The van der Waals surface area contributed by atoms with Crippen LogP contribution < -0.4 is 0 Å². The molecule has 1 fully saturated rings. The Balaban J connectivity index is 2.10. The van der Waals surface area contributed by atoms with Crippen molar-refractivity contribution in [1.82, 2.24) is 0 Å². The van der Waals surface area contributed by atoms with Gasteiger partial charge in [-0.25, -0.2) is 0 Å². The fourth-order valence-electron chi connectivity index (χ4n) is 3.29. The van der Waals surface area contributed by atoms with Gasteiger partial charge in [-0.05, 0) is 29.2 Å². The van der Waals surface area contributed by atoms with Crippen LogP contribution in [0.5, 0.6) is 0 Å². The zero-order valence-electron chi connectivity index (χ0n) is 10.5. The summed E-state index contributed by atoms with van der Waals surface area (Å²) in [5, 5.41) is 11.7. The van der Waals surface area contributed by atoms with Crippen LogP contribution in [0.1, 0.15) is 37.7 Å². The molecule has 0 unspecified atom stereocenters. The Kier molecular flexibility index (Phi) is 2.80. The van der Waals surface area contributed by atoms with E-state index in [0.29, 0.717) is 6.42 Å². The quantitative estimate of drug-likeness (QED) is 0.748. The van der Waals surface area contributed by atoms with Gasteiger partial charge in [0.1, 0.15) is 0 Å². The molecule has 18 heavy (non-hydrogen) atoms. The van der Waals surface area contributed by atoms with Gasteiger partial charge in [-0.1, -0.05) is 55.3 Å². The highest BCUT2D eigenvalue weighted by Crippen LogP contribution is 2.44. The van der Waals surface area contributed by atoms with Crippen LogP contribution in [0.4, 0.5) is 0 Å². The van der Waals surface area contributed by atoms with Crippen molar-refractivity contribution in [1.29, 1.82) is 5.26 Å². The van der Waals surface area contributed by atoms with Gasteiger partial charge in [0.2, 0.25) is 0 Å². The third kappa shape index (κ3) is 1.78. The lowest BCUT2D eigenvalue weighted by molar-refractivity contribution is 0.452. The smallest absolute Gasteiger partial charge is 0.0631 e. The largest absolute Gasteiger partial charge is 0.198 e. The van der Waals surface area contributed by atoms with Crippen LogP contribution in [0.2, 0.25) is 0 Å². The predicted octanol–water partition coefficient (Wildman–Crippen LogP) is 4.57. The lowest BCUT2D eigenvalue weighted by Crippen LogP contribution is -2.21. The zero-order chi connectivity index (χ0) is 12.4. The summed E-state index contributed by atoms with van der Waals surface area (Å²) in [6.45, 7) is 0. The number of hydrogen-bond acceptors (Lipinski definition) is 1. The molecule has 2 aromatic carbocycles. The van der Waals surface area contributed by atoms with Crippen LogP contribution in [0.15, 0.2) is 42.5 Å². The summed E-state index contributed by atoms with van der Waals surface area (Å²) in [6, 6.07) is 17.6. The van der Waals surface area contributed by atoms with Crippen molar-refractivity contribution >= 4 is 10.8 Å². The molecule has 90 valence electrons. The maximum Gasteiger partial charge on any atom is 0.0631 e. The van der Waals surface area contributed by atoms with Crippen LogP contribution in [-0.4, -0.2) is 0 Å². The first-order chi connectivity index (χ1) is 8.84. The average Bonchev–Trinajstić information content (AvgIpc) is 2.88. The lowest BCUT2D eigenvalue weighted by Gasteiger charge is -2.27. The lowest BCUT2D eigenvalue weighted by atomic mass is 9.76. The third-order valence-electron chi connectivity index (χ3n) is 4.34. The predicted molar refractivity (Wildman–Crippen MR) is 74.3 cm³/mol. The van der Waals surface area contributed by atoms with Gasteiger partial charge < -0.3 is 0 Å². The highest BCUT2D eigenvalue weighted by molar-refractivity contribution is 5.83. The second-order valence-corrected chi connectivity index (χ2v) is 5.38. The molecule has 1 aliphatic carbocycles. The molecule has 1 aliphatic rings. The van der Waals surface area contributed by atoms with E-state index in [-0.39, 0.29) is 5.41 Å². The molecule has 2 aromatic rings. The fourth-order valence-corrected chi connectivity index (χ4v) is 3.29. The highest BCUT2D eigenvalue weighted by Gasteiger charge is 2.35. The van der Waals surface area contributed by atoms with Crippen molar-refractivity contribution in [3.05, 3.63) is 48.0 Å². The molecule has 0 N–H and O–H groups in total. The maximum absolute atomic E-state index is 9.12. The monoisotopic (exact) mass is 235 g/mol. The first-order valence-corrected chi connectivity index (χ1v) is 6.70. The van der Waals surface area contributed by atoms with Crippen LogP contribution >= 0.6 is 0 Å². The molecule has 0 radical (unpaired) electrons. The van der Waals surface area contributed by atoms with E-state index in [9.17, 15) is 0 Å². The van der Waals surface area contributed by atoms with E-state index in [2.05, 4.69) is 48.5 Å². The SMILES string of the molecule is N#CCC1(c2ccc3ccccc3c2)CCCC1. The molecular weight excluding hydrogens is 218 g/mol. The Morgan fingerprint density at radius 2 is 1.72 bits per heavy atom. The molecule has 1 heteroatoms. The molecule has 0 saturated heterocycles. The second-order valence-electron chi connectivity index (χ2n) is 5.38. The van der Waals surface area contributed by atoms with Gasteiger partial charge in [-0.2, -0.15) is 5.26 Å². The van der Waals surface area contributed by atoms with E-state index < -0.39 is 0 Å². The Morgan fingerprint density at radius 3 is 2.44 bits per heavy atom. The summed E-state index contributed by atoms with van der Waals surface area (Å²) < 4.78 is 0. The van der Waals surface area contributed by atoms with Crippen molar-refractivity contribution < 1.29 is 0 Å². The summed E-state index contributed by atoms with van der Waals surface area (Å²) in [5.41, 5.74) is 1.49. The van der Waals surface area contributed by atoms with Crippen LogP contribution in [0, 0.1) is 11.3 Å². The molecule has 0 bridgehead atoms. The molecule has 0 aromatic heterocycles. The normalized spacial score (nSPS) is 17.7. The molecule has 0 aliphatic heterocycles. The van der Waals surface area contributed by atoms with E-state index >= 15 is 0 Å². The van der Waals surface area contributed by atoms with E-state index in [1.165, 1.54) is 42.0 Å². The van der Waals surface area contributed by atoms with Crippen molar-refractivity contribution in [2.24, 2.45) is 0 Å². The molecule has 1 nitrogen and oxygen atoms in total. The minimum absolute atomic E-state index is 0.124. The van der Waals surface area contributed by atoms with Crippen molar-refractivity contribution in [3.63, 3.8) is 0 Å². The molecule has 3 rings (SSSR count). The van der Waals surface area contributed by atoms with Crippen LogP contribution in [0.3, 0.4) is 0 Å². The minimum atomic E-state index is 0.124. The van der Waals surface area contributed by atoms with Gasteiger partial charge in [0.15, 0.2) is 0 Å². The van der Waals surface area contributed by atoms with E-state index in [1.807, 2.05) is 0 Å². The van der Waals surface area contributed by atoms with Crippen molar-refractivity contribution in [3.8, 4) is 6.07 Å². The molecule has 0 atom stereocenters. The number of rotatable bonds is 2. The van der Waals surface area contributed by atoms with Gasteiger partial charge in [0.05, 0.1) is 6.07 Å². The molecule has 0 amide bonds. The van der Waals surface area contributed by atoms with Gasteiger partial charge in [0, 0.05) is 11.8 Å². The van der Waals surface area contributed by atoms with Gasteiger partial charge in [-0.3, -0.25) is 0 Å².